The quantitative estimate of drug-likeness (QED) is 0.783. The van der Waals surface area contributed by atoms with Gasteiger partial charge in [0.25, 0.3) is 0 Å². The van der Waals surface area contributed by atoms with Crippen molar-refractivity contribution in [2.24, 2.45) is 0 Å². The smallest absolute Gasteiger partial charge is 0.133 e. The second-order valence-corrected chi connectivity index (χ2v) is 5.80. The van der Waals surface area contributed by atoms with Gasteiger partial charge in [-0.3, -0.25) is 0 Å². The Hall–Kier alpha value is -1.04. The Labute approximate surface area is 128 Å². The fraction of sp³-hybridized carbons (Fsp3) is 0.143. The van der Waals surface area contributed by atoms with Crippen LogP contribution in [-0.2, 0) is 0 Å². The van der Waals surface area contributed by atoms with Crippen molar-refractivity contribution < 1.29 is 9.84 Å². The van der Waals surface area contributed by atoms with E-state index in [9.17, 15) is 5.11 Å². The van der Waals surface area contributed by atoms with E-state index in [0.29, 0.717) is 17.0 Å². The van der Waals surface area contributed by atoms with Crippen LogP contribution in [0.4, 0.5) is 5.69 Å². The summed E-state index contributed by atoms with van der Waals surface area (Å²) in [5, 5.41) is 10.1. The Balaban J connectivity index is 2.04. The molecule has 0 fully saturated rings. The monoisotopic (exact) mass is 385 g/mol. The molecule has 100 valence electrons. The molecule has 19 heavy (non-hydrogen) atoms. The number of anilines is 1. The fourth-order valence-electron chi connectivity index (χ4n) is 1.67. The number of ether oxygens (including phenoxy) is 1. The van der Waals surface area contributed by atoms with Gasteiger partial charge in [0.15, 0.2) is 0 Å². The number of hydrogen-bond donors (Lipinski definition) is 2. The van der Waals surface area contributed by atoms with Crippen LogP contribution in [0.2, 0.25) is 0 Å². The Bertz CT molecular complexity index is 575. The van der Waals surface area contributed by atoms with Gasteiger partial charge in [-0.05, 0) is 40.2 Å². The SMILES string of the molecule is Nc1ccccc1C(O)COc1ccc(Br)cc1Br. The van der Waals surface area contributed by atoms with Crippen molar-refractivity contribution in [3.63, 3.8) is 0 Å². The van der Waals surface area contributed by atoms with E-state index in [4.69, 9.17) is 10.5 Å². The van der Waals surface area contributed by atoms with Crippen molar-refractivity contribution in [2.45, 2.75) is 6.10 Å². The van der Waals surface area contributed by atoms with Gasteiger partial charge in [0.2, 0.25) is 0 Å². The van der Waals surface area contributed by atoms with Gasteiger partial charge in [-0.1, -0.05) is 34.1 Å². The average Bonchev–Trinajstić information content (AvgIpc) is 2.38. The molecule has 0 aliphatic heterocycles. The number of rotatable bonds is 4. The van der Waals surface area contributed by atoms with E-state index in [1.807, 2.05) is 30.3 Å². The van der Waals surface area contributed by atoms with E-state index in [1.54, 1.807) is 12.1 Å². The van der Waals surface area contributed by atoms with Crippen molar-refractivity contribution in [3.8, 4) is 5.75 Å². The molecule has 1 atom stereocenters. The molecule has 3 N–H and O–H groups in total. The van der Waals surface area contributed by atoms with E-state index >= 15 is 0 Å². The highest BCUT2D eigenvalue weighted by Crippen LogP contribution is 2.29. The standard InChI is InChI=1S/C14H13Br2NO2/c15-9-5-6-14(11(16)7-9)19-8-13(18)10-3-1-2-4-12(10)17/h1-7,13,18H,8,17H2. The van der Waals surface area contributed by atoms with Gasteiger partial charge in [-0.25, -0.2) is 0 Å². The second-order valence-electron chi connectivity index (χ2n) is 4.03. The highest BCUT2D eigenvalue weighted by Gasteiger charge is 2.12. The zero-order chi connectivity index (χ0) is 13.8. The first kappa shape index (κ1) is 14.4. The van der Waals surface area contributed by atoms with Gasteiger partial charge in [-0.2, -0.15) is 0 Å². The molecule has 0 spiro atoms. The third-order valence-corrected chi connectivity index (χ3v) is 3.76. The van der Waals surface area contributed by atoms with Crippen LogP contribution in [0.1, 0.15) is 11.7 Å². The summed E-state index contributed by atoms with van der Waals surface area (Å²) in [6.07, 6.45) is -0.753. The molecule has 0 radical (unpaired) electrons. The predicted octanol–water partition coefficient (Wildman–Crippen LogP) is 3.91. The Morgan fingerprint density at radius 2 is 1.89 bits per heavy atom. The van der Waals surface area contributed by atoms with Gasteiger partial charge < -0.3 is 15.6 Å². The molecule has 0 amide bonds. The van der Waals surface area contributed by atoms with Crippen molar-refractivity contribution in [3.05, 3.63) is 57.0 Å². The molecule has 0 aromatic heterocycles. The van der Waals surface area contributed by atoms with Crippen molar-refractivity contribution in [2.75, 3.05) is 12.3 Å². The molecule has 2 aromatic rings. The van der Waals surface area contributed by atoms with Crippen molar-refractivity contribution in [1.29, 1.82) is 0 Å². The lowest BCUT2D eigenvalue weighted by Crippen LogP contribution is -2.11. The minimum atomic E-state index is -0.753. The van der Waals surface area contributed by atoms with Gasteiger partial charge in [0.05, 0.1) is 4.47 Å². The first-order chi connectivity index (χ1) is 9.08. The molecule has 2 rings (SSSR count). The Morgan fingerprint density at radius 3 is 2.58 bits per heavy atom. The molecule has 5 heteroatoms. The van der Waals surface area contributed by atoms with Crippen LogP contribution in [0, 0.1) is 0 Å². The zero-order valence-corrected chi connectivity index (χ0v) is 13.2. The lowest BCUT2D eigenvalue weighted by molar-refractivity contribution is 0.108. The minimum Gasteiger partial charge on any atom is -0.489 e. The van der Waals surface area contributed by atoms with E-state index in [1.165, 1.54) is 0 Å². The third-order valence-electron chi connectivity index (χ3n) is 2.65. The molecule has 1 unspecified atom stereocenters. The second kappa shape index (κ2) is 6.41. The number of aliphatic hydroxyl groups is 1. The number of benzene rings is 2. The van der Waals surface area contributed by atoms with Crippen LogP contribution in [0.3, 0.4) is 0 Å². The van der Waals surface area contributed by atoms with Gasteiger partial charge in [0, 0.05) is 15.7 Å². The van der Waals surface area contributed by atoms with Crippen molar-refractivity contribution >= 4 is 37.5 Å². The van der Waals surface area contributed by atoms with Crippen LogP contribution in [0.15, 0.2) is 51.4 Å². The van der Waals surface area contributed by atoms with Gasteiger partial charge in [0.1, 0.15) is 18.5 Å². The van der Waals surface area contributed by atoms with Crippen LogP contribution in [-0.4, -0.2) is 11.7 Å². The highest BCUT2D eigenvalue weighted by molar-refractivity contribution is 9.11. The molecule has 0 aliphatic carbocycles. The summed E-state index contributed by atoms with van der Waals surface area (Å²) < 4.78 is 7.38. The van der Waals surface area contributed by atoms with Gasteiger partial charge >= 0.3 is 0 Å². The third kappa shape index (κ3) is 3.72. The van der Waals surface area contributed by atoms with Crippen molar-refractivity contribution in [1.82, 2.24) is 0 Å². The van der Waals surface area contributed by atoms with Gasteiger partial charge in [-0.15, -0.1) is 0 Å². The predicted molar refractivity (Wildman–Crippen MR) is 83.2 cm³/mol. The summed E-state index contributed by atoms with van der Waals surface area (Å²) in [6, 6.07) is 12.8. The number of para-hydroxylation sites is 1. The van der Waals surface area contributed by atoms with E-state index in [0.717, 1.165) is 8.95 Å². The molecule has 0 bridgehead atoms. The topological polar surface area (TPSA) is 55.5 Å². The lowest BCUT2D eigenvalue weighted by Gasteiger charge is -2.15. The molecular weight excluding hydrogens is 374 g/mol. The first-order valence-electron chi connectivity index (χ1n) is 5.68. The summed E-state index contributed by atoms with van der Waals surface area (Å²) in [4.78, 5) is 0. The lowest BCUT2D eigenvalue weighted by atomic mass is 10.1. The molecule has 2 aromatic carbocycles. The largest absolute Gasteiger partial charge is 0.489 e. The molecule has 0 saturated carbocycles. The normalized spacial score (nSPS) is 12.2. The maximum atomic E-state index is 10.1. The number of halogens is 2. The summed E-state index contributed by atoms with van der Waals surface area (Å²) in [5.74, 6) is 0.678. The summed E-state index contributed by atoms with van der Waals surface area (Å²) in [6.45, 7) is 0.147. The van der Waals surface area contributed by atoms with E-state index in [-0.39, 0.29) is 6.61 Å². The van der Waals surface area contributed by atoms with Crippen LogP contribution in [0.25, 0.3) is 0 Å². The van der Waals surface area contributed by atoms with Crippen LogP contribution in [0.5, 0.6) is 5.75 Å². The van der Waals surface area contributed by atoms with Crippen LogP contribution >= 0.6 is 31.9 Å². The Kier molecular flexibility index (Phi) is 4.85. The number of hydrogen-bond acceptors (Lipinski definition) is 3. The summed E-state index contributed by atoms with van der Waals surface area (Å²) >= 11 is 6.78. The molecule has 3 nitrogen and oxygen atoms in total. The van der Waals surface area contributed by atoms with E-state index < -0.39 is 6.10 Å². The highest BCUT2D eigenvalue weighted by atomic mass is 79.9. The number of nitrogen functional groups attached to an aromatic ring is 1. The molecule has 0 aliphatic rings. The first-order valence-corrected chi connectivity index (χ1v) is 7.27. The molecular formula is C14H13Br2NO2. The maximum absolute atomic E-state index is 10.1. The zero-order valence-electron chi connectivity index (χ0n) is 10.0. The summed E-state index contributed by atoms with van der Waals surface area (Å²) in [7, 11) is 0. The molecule has 0 saturated heterocycles. The number of aliphatic hydroxyl groups excluding tert-OH is 1. The maximum Gasteiger partial charge on any atom is 0.133 e. The van der Waals surface area contributed by atoms with Crippen LogP contribution < -0.4 is 10.5 Å². The minimum absolute atomic E-state index is 0.147. The fourth-order valence-corrected chi connectivity index (χ4v) is 2.83. The Morgan fingerprint density at radius 1 is 1.16 bits per heavy atom. The average molecular weight is 387 g/mol. The molecule has 0 heterocycles. The summed E-state index contributed by atoms with van der Waals surface area (Å²) in [5.41, 5.74) is 7.05. The number of nitrogens with two attached hydrogens (primary N) is 1. The van der Waals surface area contributed by atoms with E-state index in [2.05, 4.69) is 31.9 Å².